The topological polar surface area (TPSA) is 29.3 Å². The van der Waals surface area contributed by atoms with Crippen molar-refractivity contribution in [1.82, 2.24) is 14.7 Å². The van der Waals surface area contributed by atoms with Crippen LogP contribution in [0.4, 0.5) is 0 Å². The Labute approximate surface area is 106 Å². The largest absolute Gasteiger partial charge is 0.311 e. The van der Waals surface area contributed by atoms with Crippen molar-refractivity contribution < 1.29 is 0 Å². The standard InChI is InChI=1S/C13H19N3S/c1-3-13(4-5-13)9-14-8-11-10(2)15-12-16(11)6-7-17-12/h6-7,14H,3-5,8-9H2,1-2H3. The third kappa shape index (κ3) is 2.00. The summed E-state index contributed by atoms with van der Waals surface area (Å²) < 4.78 is 2.21. The fourth-order valence-electron chi connectivity index (χ4n) is 2.43. The van der Waals surface area contributed by atoms with Crippen LogP contribution >= 0.6 is 11.3 Å². The van der Waals surface area contributed by atoms with Crippen LogP contribution in [0, 0.1) is 12.3 Å². The molecule has 0 aliphatic heterocycles. The lowest BCUT2D eigenvalue weighted by atomic mass is 10.0. The lowest BCUT2D eigenvalue weighted by Gasteiger charge is -2.13. The van der Waals surface area contributed by atoms with Gasteiger partial charge in [-0.3, -0.25) is 4.40 Å². The van der Waals surface area contributed by atoms with Crippen LogP contribution in [0.2, 0.25) is 0 Å². The molecule has 0 aromatic carbocycles. The SMILES string of the molecule is CCC1(CNCc2c(C)nc3sccn23)CC1. The van der Waals surface area contributed by atoms with Crippen LogP contribution in [0.1, 0.15) is 37.6 Å². The van der Waals surface area contributed by atoms with Gasteiger partial charge in [0.25, 0.3) is 0 Å². The summed E-state index contributed by atoms with van der Waals surface area (Å²) in [5, 5.41) is 5.70. The van der Waals surface area contributed by atoms with E-state index in [-0.39, 0.29) is 0 Å². The molecule has 0 unspecified atom stereocenters. The minimum Gasteiger partial charge on any atom is -0.311 e. The highest BCUT2D eigenvalue weighted by Gasteiger charge is 2.39. The van der Waals surface area contributed by atoms with Crippen LogP contribution in [0.15, 0.2) is 11.6 Å². The highest BCUT2D eigenvalue weighted by Crippen LogP contribution is 2.47. The zero-order valence-corrected chi connectivity index (χ0v) is 11.3. The van der Waals surface area contributed by atoms with Gasteiger partial charge in [0.2, 0.25) is 0 Å². The number of hydrogen-bond acceptors (Lipinski definition) is 3. The molecule has 1 fully saturated rings. The lowest BCUT2D eigenvalue weighted by molar-refractivity contribution is 0.441. The average molecular weight is 249 g/mol. The molecule has 3 nitrogen and oxygen atoms in total. The summed E-state index contributed by atoms with van der Waals surface area (Å²) in [5.74, 6) is 0. The molecule has 3 rings (SSSR count). The molecular formula is C13H19N3S. The predicted molar refractivity (Wildman–Crippen MR) is 71.5 cm³/mol. The van der Waals surface area contributed by atoms with Crippen molar-refractivity contribution >= 4 is 16.3 Å². The molecule has 17 heavy (non-hydrogen) atoms. The number of thiazole rings is 1. The van der Waals surface area contributed by atoms with Gasteiger partial charge in [-0.15, -0.1) is 11.3 Å². The fourth-order valence-corrected chi connectivity index (χ4v) is 3.21. The van der Waals surface area contributed by atoms with E-state index in [4.69, 9.17) is 0 Å². The summed E-state index contributed by atoms with van der Waals surface area (Å²) in [6.45, 7) is 6.49. The molecule has 92 valence electrons. The smallest absolute Gasteiger partial charge is 0.194 e. The molecule has 4 heteroatoms. The van der Waals surface area contributed by atoms with Crippen molar-refractivity contribution in [3.8, 4) is 0 Å². The average Bonchev–Trinajstić information content (AvgIpc) is 2.87. The molecule has 0 atom stereocenters. The van der Waals surface area contributed by atoms with Crippen LogP contribution in [0.5, 0.6) is 0 Å². The molecule has 0 radical (unpaired) electrons. The number of rotatable bonds is 5. The third-order valence-corrected chi connectivity index (χ3v) is 4.82. The van der Waals surface area contributed by atoms with E-state index in [9.17, 15) is 0 Å². The molecule has 0 amide bonds. The Hall–Kier alpha value is -0.870. The zero-order chi connectivity index (χ0) is 11.9. The Balaban J connectivity index is 1.68. The van der Waals surface area contributed by atoms with Crippen LogP contribution in [0.3, 0.4) is 0 Å². The van der Waals surface area contributed by atoms with Crippen LogP contribution in [-0.2, 0) is 6.54 Å². The number of nitrogens with zero attached hydrogens (tertiary/aromatic N) is 2. The van der Waals surface area contributed by atoms with Crippen molar-refractivity contribution in [2.24, 2.45) is 5.41 Å². The highest BCUT2D eigenvalue weighted by molar-refractivity contribution is 7.15. The first kappa shape index (κ1) is 11.2. The number of hydrogen-bond donors (Lipinski definition) is 1. The van der Waals surface area contributed by atoms with Gasteiger partial charge >= 0.3 is 0 Å². The molecule has 2 aromatic heterocycles. The predicted octanol–water partition coefficient (Wildman–Crippen LogP) is 2.98. The van der Waals surface area contributed by atoms with E-state index in [0.717, 1.165) is 23.7 Å². The van der Waals surface area contributed by atoms with E-state index in [1.165, 1.54) is 25.0 Å². The van der Waals surface area contributed by atoms with Crippen LogP contribution < -0.4 is 5.32 Å². The van der Waals surface area contributed by atoms with E-state index in [0.29, 0.717) is 5.41 Å². The molecule has 1 aliphatic rings. The quantitative estimate of drug-likeness (QED) is 0.882. The molecule has 1 N–H and O–H groups in total. The van der Waals surface area contributed by atoms with Gasteiger partial charge in [0.15, 0.2) is 4.96 Å². The van der Waals surface area contributed by atoms with Gasteiger partial charge in [0.1, 0.15) is 0 Å². The highest BCUT2D eigenvalue weighted by atomic mass is 32.1. The van der Waals surface area contributed by atoms with Crippen LogP contribution in [-0.4, -0.2) is 15.9 Å². The Morgan fingerprint density at radius 2 is 2.35 bits per heavy atom. The van der Waals surface area contributed by atoms with Crippen molar-refractivity contribution in [3.05, 3.63) is 23.0 Å². The molecule has 0 saturated heterocycles. The van der Waals surface area contributed by atoms with Gasteiger partial charge in [-0.1, -0.05) is 6.92 Å². The second-order valence-corrected chi connectivity index (χ2v) is 6.03. The zero-order valence-electron chi connectivity index (χ0n) is 10.5. The normalized spacial score (nSPS) is 17.8. The number of fused-ring (bicyclic) bond motifs is 1. The Kier molecular flexibility index (Phi) is 2.71. The second-order valence-electron chi connectivity index (χ2n) is 5.16. The summed E-state index contributed by atoms with van der Waals surface area (Å²) in [6.07, 6.45) is 6.22. The number of aryl methyl sites for hydroxylation is 1. The van der Waals surface area contributed by atoms with Gasteiger partial charge in [-0.05, 0) is 31.6 Å². The number of imidazole rings is 1. The van der Waals surface area contributed by atoms with E-state index in [2.05, 4.69) is 40.1 Å². The maximum atomic E-state index is 4.57. The van der Waals surface area contributed by atoms with Crippen molar-refractivity contribution in [2.75, 3.05) is 6.54 Å². The summed E-state index contributed by atoms with van der Waals surface area (Å²) in [6, 6.07) is 0. The van der Waals surface area contributed by atoms with Gasteiger partial charge in [0, 0.05) is 24.7 Å². The Morgan fingerprint density at radius 3 is 3.06 bits per heavy atom. The minimum atomic E-state index is 0.617. The van der Waals surface area contributed by atoms with E-state index >= 15 is 0 Å². The monoisotopic (exact) mass is 249 g/mol. The summed E-state index contributed by atoms with van der Waals surface area (Å²) in [7, 11) is 0. The van der Waals surface area contributed by atoms with Crippen molar-refractivity contribution in [3.63, 3.8) is 0 Å². The first-order valence-electron chi connectivity index (χ1n) is 6.36. The van der Waals surface area contributed by atoms with Crippen LogP contribution in [0.25, 0.3) is 4.96 Å². The molecular weight excluding hydrogens is 230 g/mol. The second kappa shape index (κ2) is 4.10. The van der Waals surface area contributed by atoms with Crippen molar-refractivity contribution in [1.29, 1.82) is 0 Å². The maximum Gasteiger partial charge on any atom is 0.194 e. The van der Waals surface area contributed by atoms with Gasteiger partial charge < -0.3 is 5.32 Å². The first-order chi connectivity index (χ1) is 8.24. The van der Waals surface area contributed by atoms with Crippen molar-refractivity contribution in [2.45, 2.75) is 39.7 Å². The molecule has 0 bridgehead atoms. The summed E-state index contributed by atoms with van der Waals surface area (Å²) in [5.41, 5.74) is 3.09. The van der Waals surface area contributed by atoms with Gasteiger partial charge in [-0.25, -0.2) is 4.98 Å². The molecule has 1 saturated carbocycles. The van der Waals surface area contributed by atoms with E-state index in [1.54, 1.807) is 11.3 Å². The van der Waals surface area contributed by atoms with E-state index in [1.807, 2.05) is 0 Å². The molecule has 0 spiro atoms. The molecule has 2 heterocycles. The van der Waals surface area contributed by atoms with Gasteiger partial charge in [0.05, 0.1) is 11.4 Å². The summed E-state index contributed by atoms with van der Waals surface area (Å²) >= 11 is 1.70. The third-order valence-electron chi connectivity index (χ3n) is 4.06. The first-order valence-corrected chi connectivity index (χ1v) is 7.24. The van der Waals surface area contributed by atoms with Gasteiger partial charge in [-0.2, -0.15) is 0 Å². The number of nitrogens with one attached hydrogen (secondary N) is 1. The molecule has 2 aromatic rings. The maximum absolute atomic E-state index is 4.57. The summed E-state index contributed by atoms with van der Waals surface area (Å²) in [4.78, 5) is 5.67. The molecule has 1 aliphatic carbocycles. The number of aromatic nitrogens is 2. The minimum absolute atomic E-state index is 0.617. The lowest BCUT2D eigenvalue weighted by Crippen LogP contribution is -2.24. The Morgan fingerprint density at radius 1 is 1.53 bits per heavy atom. The fraction of sp³-hybridized carbons (Fsp3) is 0.615. The van der Waals surface area contributed by atoms with E-state index < -0.39 is 0 Å². The Bertz CT molecular complexity index is 522.